The van der Waals surface area contributed by atoms with Crippen molar-refractivity contribution in [2.24, 2.45) is 0 Å². The minimum absolute atomic E-state index is 1.04. The number of hydrogen-bond donors (Lipinski definition) is 0. The lowest BCUT2D eigenvalue weighted by atomic mass is 10.1. The summed E-state index contributed by atoms with van der Waals surface area (Å²) in [5.74, 6) is 0. The van der Waals surface area contributed by atoms with Crippen molar-refractivity contribution in [3.8, 4) is 0 Å². The first-order valence-electron chi connectivity index (χ1n) is 6.41. The summed E-state index contributed by atoms with van der Waals surface area (Å²) in [4.78, 5) is 4.34. The van der Waals surface area contributed by atoms with E-state index < -0.39 is 0 Å². The molecule has 0 bridgehead atoms. The van der Waals surface area contributed by atoms with E-state index in [1.165, 1.54) is 12.0 Å². The molecule has 1 heterocycles. The number of hydrogen-bond acceptors (Lipinski definition) is 1. The largest absolute Gasteiger partial charge is 0.257 e. The van der Waals surface area contributed by atoms with Crippen LogP contribution < -0.4 is 0 Å². The third-order valence-electron chi connectivity index (χ3n) is 2.28. The minimum Gasteiger partial charge on any atom is -0.257 e. The molecule has 0 aromatic carbocycles. The Morgan fingerprint density at radius 1 is 1.25 bits per heavy atom. The molecule has 0 saturated carbocycles. The highest BCUT2D eigenvalue weighted by Gasteiger charge is 2.00. The Balaban J connectivity index is 0.00000106. The highest BCUT2D eigenvalue weighted by Crippen LogP contribution is 2.16. The monoisotopic (exact) mass is 219 g/mol. The van der Waals surface area contributed by atoms with Crippen LogP contribution in [0.5, 0.6) is 0 Å². The van der Waals surface area contributed by atoms with Gasteiger partial charge >= 0.3 is 0 Å². The molecule has 0 aliphatic carbocycles. The predicted octanol–water partition coefficient (Wildman–Crippen LogP) is 4.87. The number of nitrogens with zero attached hydrogens (tertiary/aromatic N) is 1. The molecule has 1 aromatic heterocycles. The summed E-state index contributed by atoms with van der Waals surface area (Å²) in [5.41, 5.74) is 3.60. The van der Waals surface area contributed by atoms with Crippen molar-refractivity contribution in [3.63, 3.8) is 0 Å². The van der Waals surface area contributed by atoms with E-state index in [2.05, 4.69) is 37.5 Å². The summed E-state index contributed by atoms with van der Waals surface area (Å²) in [5, 5.41) is 0. The molecule has 0 unspecified atom stereocenters. The van der Waals surface area contributed by atoms with Gasteiger partial charge in [0.1, 0.15) is 0 Å². The van der Waals surface area contributed by atoms with Gasteiger partial charge in [-0.25, -0.2) is 0 Å². The summed E-state index contributed by atoms with van der Waals surface area (Å²) < 4.78 is 0. The lowest BCUT2D eigenvalue weighted by Crippen LogP contribution is -1.91. The molecule has 1 nitrogen and oxygen atoms in total. The van der Waals surface area contributed by atoms with Gasteiger partial charge in [-0.05, 0) is 36.1 Å². The molecule has 90 valence electrons. The lowest BCUT2D eigenvalue weighted by Gasteiger charge is -2.05. The van der Waals surface area contributed by atoms with Crippen molar-refractivity contribution >= 4 is 5.57 Å². The number of aryl methyl sites for hydroxylation is 1. The number of rotatable bonds is 5. The molecule has 1 heteroatoms. The average molecular weight is 219 g/mol. The molecule has 0 amide bonds. The predicted molar refractivity (Wildman–Crippen MR) is 73.5 cm³/mol. The van der Waals surface area contributed by atoms with Gasteiger partial charge in [-0.1, -0.05) is 47.1 Å². The van der Waals surface area contributed by atoms with Crippen LogP contribution in [0, 0.1) is 0 Å². The zero-order valence-electron chi connectivity index (χ0n) is 11.2. The van der Waals surface area contributed by atoms with Gasteiger partial charge in [-0.3, -0.25) is 4.98 Å². The van der Waals surface area contributed by atoms with Crippen molar-refractivity contribution in [1.82, 2.24) is 4.98 Å². The fraction of sp³-hybridized carbons (Fsp3) is 0.533. The standard InChI is InChI=1S/C13H19N.C2H6/c1-4-6-11(3)13-10-12(7-5-2)8-9-14-13;1-2/h8-10H,3-7H2,1-2H3;1-2H3. The van der Waals surface area contributed by atoms with Crippen LogP contribution in [0.15, 0.2) is 24.9 Å². The maximum Gasteiger partial charge on any atom is 0.0658 e. The molecule has 1 rings (SSSR count). The van der Waals surface area contributed by atoms with Crippen LogP contribution in [-0.4, -0.2) is 4.98 Å². The van der Waals surface area contributed by atoms with Gasteiger partial charge in [-0.2, -0.15) is 0 Å². The second kappa shape index (κ2) is 9.14. The van der Waals surface area contributed by atoms with Gasteiger partial charge in [0, 0.05) is 6.20 Å². The normalized spacial score (nSPS) is 9.25. The SMILES string of the molecule is C=C(CCC)c1cc(CCC)ccn1.CC. The van der Waals surface area contributed by atoms with Crippen molar-refractivity contribution in [2.75, 3.05) is 0 Å². The van der Waals surface area contributed by atoms with Crippen LogP contribution in [0.1, 0.15) is 58.2 Å². The fourth-order valence-electron chi connectivity index (χ4n) is 1.54. The zero-order valence-corrected chi connectivity index (χ0v) is 11.2. The maximum absolute atomic E-state index is 4.34. The Morgan fingerprint density at radius 3 is 2.50 bits per heavy atom. The molecule has 0 spiro atoms. The topological polar surface area (TPSA) is 12.9 Å². The second-order valence-corrected chi connectivity index (χ2v) is 3.65. The molecule has 0 atom stereocenters. The Kier molecular flexibility index (Phi) is 8.51. The number of aromatic nitrogens is 1. The summed E-state index contributed by atoms with van der Waals surface area (Å²) >= 11 is 0. The Morgan fingerprint density at radius 2 is 1.94 bits per heavy atom. The zero-order chi connectivity index (χ0) is 12.4. The second-order valence-electron chi connectivity index (χ2n) is 3.65. The molecule has 16 heavy (non-hydrogen) atoms. The van der Waals surface area contributed by atoms with Crippen LogP contribution in [-0.2, 0) is 6.42 Å². The van der Waals surface area contributed by atoms with E-state index in [0.29, 0.717) is 0 Å². The number of allylic oxidation sites excluding steroid dienone is 1. The summed E-state index contributed by atoms with van der Waals surface area (Å²) in [6.07, 6.45) is 6.39. The molecule has 0 N–H and O–H groups in total. The summed E-state index contributed by atoms with van der Waals surface area (Å²) in [6.45, 7) is 12.4. The molecule has 0 fully saturated rings. The van der Waals surface area contributed by atoms with Gasteiger partial charge in [0.2, 0.25) is 0 Å². The van der Waals surface area contributed by atoms with E-state index in [1.54, 1.807) is 0 Å². The third kappa shape index (κ3) is 5.11. The molecule has 0 radical (unpaired) electrons. The molecular formula is C15H25N. The van der Waals surface area contributed by atoms with Crippen LogP contribution in [0.25, 0.3) is 5.57 Å². The van der Waals surface area contributed by atoms with E-state index in [-0.39, 0.29) is 0 Å². The highest BCUT2D eigenvalue weighted by molar-refractivity contribution is 5.60. The number of pyridine rings is 1. The molecule has 1 aromatic rings. The molecule has 0 saturated heterocycles. The van der Waals surface area contributed by atoms with E-state index in [4.69, 9.17) is 0 Å². The van der Waals surface area contributed by atoms with Gasteiger partial charge in [0.05, 0.1) is 5.69 Å². The summed E-state index contributed by atoms with van der Waals surface area (Å²) in [6, 6.07) is 4.26. The molecular weight excluding hydrogens is 194 g/mol. The van der Waals surface area contributed by atoms with Crippen LogP contribution in [0.4, 0.5) is 0 Å². The van der Waals surface area contributed by atoms with E-state index >= 15 is 0 Å². The first-order valence-corrected chi connectivity index (χ1v) is 6.41. The maximum atomic E-state index is 4.34. The van der Waals surface area contributed by atoms with Gasteiger partial charge in [0.15, 0.2) is 0 Å². The lowest BCUT2D eigenvalue weighted by molar-refractivity contribution is 0.913. The first kappa shape index (κ1) is 14.9. The Bertz CT molecular complexity index is 302. The van der Waals surface area contributed by atoms with E-state index in [0.717, 1.165) is 30.5 Å². The van der Waals surface area contributed by atoms with Crippen molar-refractivity contribution in [1.29, 1.82) is 0 Å². The fourth-order valence-corrected chi connectivity index (χ4v) is 1.54. The smallest absolute Gasteiger partial charge is 0.0658 e. The van der Waals surface area contributed by atoms with Crippen LogP contribution >= 0.6 is 0 Å². The summed E-state index contributed by atoms with van der Waals surface area (Å²) in [7, 11) is 0. The van der Waals surface area contributed by atoms with Crippen molar-refractivity contribution in [2.45, 2.75) is 53.4 Å². The third-order valence-corrected chi connectivity index (χ3v) is 2.28. The van der Waals surface area contributed by atoms with E-state index in [1.807, 2.05) is 20.0 Å². The van der Waals surface area contributed by atoms with Gasteiger partial charge in [-0.15, -0.1) is 0 Å². The van der Waals surface area contributed by atoms with Crippen LogP contribution in [0.2, 0.25) is 0 Å². The highest BCUT2D eigenvalue weighted by atomic mass is 14.7. The van der Waals surface area contributed by atoms with Gasteiger partial charge < -0.3 is 0 Å². The average Bonchev–Trinajstić information content (AvgIpc) is 2.33. The van der Waals surface area contributed by atoms with E-state index in [9.17, 15) is 0 Å². The van der Waals surface area contributed by atoms with Crippen molar-refractivity contribution in [3.05, 3.63) is 36.2 Å². The van der Waals surface area contributed by atoms with Crippen LogP contribution in [0.3, 0.4) is 0 Å². The Labute approximate surface area is 101 Å². The molecule has 0 aliphatic heterocycles. The van der Waals surface area contributed by atoms with Crippen molar-refractivity contribution < 1.29 is 0 Å². The first-order chi connectivity index (χ1) is 7.77. The van der Waals surface area contributed by atoms with Gasteiger partial charge in [0.25, 0.3) is 0 Å². The molecule has 0 aliphatic rings. The minimum atomic E-state index is 1.04. The quantitative estimate of drug-likeness (QED) is 0.688. The Hall–Kier alpha value is -1.11.